The van der Waals surface area contributed by atoms with Crippen molar-refractivity contribution in [2.75, 3.05) is 51.6 Å². The summed E-state index contributed by atoms with van der Waals surface area (Å²) in [6.07, 6.45) is 0. The zero-order valence-corrected chi connectivity index (χ0v) is 21.4. The molecule has 13 heteroatoms. The zero-order valence-electron chi connectivity index (χ0n) is 16.3. The van der Waals surface area contributed by atoms with Gasteiger partial charge in [-0.3, -0.25) is 0 Å². The first-order chi connectivity index (χ1) is 13.9. The molecule has 1 radical (unpaired) electrons. The van der Waals surface area contributed by atoms with Crippen LogP contribution in [0.1, 0.15) is 0 Å². The quantitative estimate of drug-likeness (QED) is 0.123. The van der Waals surface area contributed by atoms with E-state index in [4.69, 9.17) is 89.5 Å². The fraction of sp³-hybridized carbons (Fsp3) is 0. The molecule has 0 spiro atoms. The van der Waals surface area contributed by atoms with Crippen LogP contribution in [0.4, 0.5) is 51.2 Å². The average molecular weight is 649 g/mol. The number of nitrogens with two attached hydrogens (primary N) is 9. The second-order valence-corrected chi connectivity index (χ2v) is 7.26. The van der Waals surface area contributed by atoms with Gasteiger partial charge in [-0.2, -0.15) is 0 Å². The third kappa shape index (κ3) is 7.43. The van der Waals surface area contributed by atoms with Gasteiger partial charge < -0.3 is 89.5 Å². The molecule has 3 rings (SSSR count). The minimum absolute atomic E-state index is 0. The first kappa shape index (κ1) is 28.2. The molecule has 0 unspecified atom stereocenters. The van der Waals surface area contributed by atoms with E-state index in [1.807, 2.05) is 0 Å². The van der Waals surface area contributed by atoms with Crippen LogP contribution in [0.3, 0.4) is 0 Å². The van der Waals surface area contributed by atoms with E-state index in [1.165, 1.54) is 0 Å². The third-order valence-corrected chi connectivity index (χ3v) is 4.91. The smallest absolute Gasteiger partial charge is 0.0765 e. The summed E-state index contributed by atoms with van der Waals surface area (Å²) in [6.45, 7) is 0. The molecule has 3 aromatic rings. The van der Waals surface area contributed by atoms with Crippen molar-refractivity contribution in [3.63, 3.8) is 0 Å². The van der Waals surface area contributed by atoms with Crippen molar-refractivity contribution in [3.05, 3.63) is 36.4 Å². The Morgan fingerprint density at radius 1 is 0.355 bits per heavy atom. The van der Waals surface area contributed by atoms with Gasteiger partial charge >= 0.3 is 0 Å². The molecule has 0 saturated heterocycles. The second-order valence-electron chi connectivity index (χ2n) is 5.94. The zero-order chi connectivity index (χ0) is 23.2. The molecule has 0 atom stereocenters. The largest absolute Gasteiger partial charge is 0.778 e. The van der Waals surface area contributed by atoms with Gasteiger partial charge in [0.1, 0.15) is 0 Å². The molecule has 169 valence electrons. The molecule has 0 fully saturated rings. The van der Waals surface area contributed by atoms with Crippen LogP contribution < -0.4 is 51.6 Å². The average Bonchev–Trinajstić information content (AvgIpc) is 2.73. The van der Waals surface area contributed by atoms with Crippen molar-refractivity contribution in [1.29, 1.82) is 0 Å². The van der Waals surface area contributed by atoms with Gasteiger partial charge in [-0.1, -0.05) is 18.2 Å². The minimum atomic E-state index is 0. The normalized spacial score (nSPS) is 9.29. The number of hydrogen-bond acceptors (Lipinski definition) is 12. The van der Waals surface area contributed by atoms with Gasteiger partial charge in [-0.15, -0.1) is 14.7 Å². The van der Waals surface area contributed by atoms with Crippen molar-refractivity contribution in [1.82, 2.24) is 0 Å². The number of rotatable bonds is 0. The topological polar surface area (TPSA) is 234 Å². The summed E-state index contributed by atoms with van der Waals surface area (Å²) in [5.74, 6) is 0. The maximum Gasteiger partial charge on any atom is 0.0765 e. The molecule has 0 aliphatic heterocycles. The Morgan fingerprint density at radius 3 is 0.710 bits per heavy atom. The van der Waals surface area contributed by atoms with Gasteiger partial charge in [0.05, 0.1) is 34.1 Å². The molecule has 0 aromatic heterocycles. The van der Waals surface area contributed by atoms with Crippen molar-refractivity contribution in [2.24, 2.45) is 0 Å². The molecule has 3 aromatic carbocycles. The van der Waals surface area contributed by atoms with Crippen molar-refractivity contribution >= 4 is 89.1 Å². The van der Waals surface area contributed by atoms with Crippen molar-refractivity contribution < 1.29 is 20.4 Å². The maximum atomic E-state index is 5.47. The van der Waals surface area contributed by atoms with E-state index in [9.17, 15) is 0 Å². The van der Waals surface area contributed by atoms with Crippen LogP contribution in [0.5, 0.6) is 0 Å². The van der Waals surface area contributed by atoms with Crippen LogP contribution in [-0.4, -0.2) is 0 Å². The van der Waals surface area contributed by atoms with Crippen LogP contribution in [-0.2, 0) is 58.3 Å². The molecule has 0 amide bonds. The van der Waals surface area contributed by atoms with E-state index < -0.39 is 0 Å². The van der Waals surface area contributed by atoms with E-state index >= 15 is 0 Å². The van der Waals surface area contributed by atoms with Gasteiger partial charge in [0.25, 0.3) is 0 Å². The fourth-order valence-corrected chi connectivity index (χ4v) is 2.43. The second kappa shape index (κ2) is 12.1. The number of nitrogen functional groups attached to an aromatic ring is 9. The molecule has 0 aliphatic rings. The van der Waals surface area contributed by atoms with Crippen LogP contribution in [0.25, 0.3) is 0 Å². The standard InChI is InChI=1S/3C6H9N3S.Re/c3*7-3-1-2-4(10)6(9)5(3)8;/h3*1-2,10H,7-9H2;/p-3. The predicted octanol–water partition coefficient (Wildman–Crippen LogP) is 1.01. The Kier molecular flexibility index (Phi) is 11.0. The van der Waals surface area contributed by atoms with Crippen molar-refractivity contribution in [2.45, 2.75) is 14.7 Å². The Bertz CT molecular complexity index is 836. The van der Waals surface area contributed by atoms with Gasteiger partial charge in [0.2, 0.25) is 0 Å². The summed E-state index contributed by atoms with van der Waals surface area (Å²) in [6, 6.07) is 9.93. The fourth-order valence-electron chi connectivity index (χ4n) is 1.90. The van der Waals surface area contributed by atoms with E-state index in [0.717, 1.165) is 0 Å². The van der Waals surface area contributed by atoms with Gasteiger partial charge in [-0.05, 0) is 18.2 Å². The first-order valence-corrected chi connectivity index (χ1v) is 9.42. The van der Waals surface area contributed by atoms with Crippen LogP contribution in [0.2, 0.25) is 0 Å². The summed E-state index contributed by atoms with van der Waals surface area (Å²) >= 11 is 14.5. The molecular formula is C18H24N9ReS3-3. The monoisotopic (exact) mass is 649 g/mol. The third-order valence-electron chi connectivity index (χ3n) is 3.84. The van der Waals surface area contributed by atoms with Crippen LogP contribution >= 0.6 is 0 Å². The SMILES string of the molecule is Nc1ccc([S-])c(N)c1N.Nc1ccc([S-])c(N)c1N.Nc1ccc([S-])c(N)c1N.[Re]. The predicted molar refractivity (Wildman–Crippen MR) is 136 cm³/mol. The Balaban J connectivity index is 0.000000429. The minimum Gasteiger partial charge on any atom is -0.778 e. The summed E-state index contributed by atoms with van der Waals surface area (Å²) in [7, 11) is 0. The van der Waals surface area contributed by atoms with Gasteiger partial charge in [0, 0.05) is 37.5 Å². The number of anilines is 9. The van der Waals surface area contributed by atoms with Crippen molar-refractivity contribution in [3.8, 4) is 0 Å². The molecular weight excluding hydrogens is 625 g/mol. The Morgan fingerprint density at radius 2 is 0.548 bits per heavy atom. The molecule has 9 nitrogen and oxygen atoms in total. The van der Waals surface area contributed by atoms with Crippen LogP contribution in [0, 0.1) is 0 Å². The number of benzene rings is 3. The molecule has 31 heavy (non-hydrogen) atoms. The Labute approximate surface area is 211 Å². The first-order valence-electron chi connectivity index (χ1n) is 8.19. The summed E-state index contributed by atoms with van der Waals surface area (Å²) in [4.78, 5) is 1.64. The number of hydrogen-bond donors (Lipinski definition) is 9. The molecule has 0 saturated carbocycles. The van der Waals surface area contributed by atoms with E-state index in [1.54, 1.807) is 36.4 Å². The summed E-state index contributed by atoms with van der Waals surface area (Å²) in [5, 5.41) is 0. The van der Waals surface area contributed by atoms with Crippen LogP contribution in [0.15, 0.2) is 51.1 Å². The maximum absolute atomic E-state index is 5.47. The van der Waals surface area contributed by atoms with Gasteiger partial charge in [-0.25, -0.2) is 0 Å². The molecule has 18 N–H and O–H groups in total. The van der Waals surface area contributed by atoms with E-state index in [2.05, 4.69) is 0 Å². The molecule has 0 bridgehead atoms. The summed E-state index contributed by atoms with van der Waals surface area (Å²) < 4.78 is 0. The molecule has 0 heterocycles. The Hall–Kier alpha value is -2.82. The van der Waals surface area contributed by atoms with Gasteiger partial charge in [0.15, 0.2) is 0 Å². The van der Waals surface area contributed by atoms with E-state index in [-0.39, 0.29) is 20.4 Å². The summed E-state index contributed by atoms with van der Waals surface area (Å²) in [5.41, 5.74) is 52.9. The molecule has 0 aliphatic carbocycles. The van der Waals surface area contributed by atoms with E-state index in [0.29, 0.717) is 65.9 Å².